The van der Waals surface area contributed by atoms with E-state index in [9.17, 15) is 4.39 Å². The highest BCUT2D eigenvalue weighted by atomic mass is 19.1. The highest BCUT2D eigenvalue weighted by Crippen LogP contribution is 2.12. The number of pyridine rings is 1. The zero-order valence-corrected chi connectivity index (χ0v) is 10.9. The molecule has 0 saturated heterocycles. The fourth-order valence-electron chi connectivity index (χ4n) is 1.66. The zero-order chi connectivity index (χ0) is 13.5. The molecule has 0 amide bonds. The lowest BCUT2D eigenvalue weighted by Crippen LogP contribution is -2.13. The Kier molecular flexibility index (Phi) is 4.86. The van der Waals surface area contributed by atoms with Gasteiger partial charge in [-0.05, 0) is 18.7 Å². The summed E-state index contributed by atoms with van der Waals surface area (Å²) in [5.41, 5.74) is 1.44. The second-order valence-electron chi connectivity index (χ2n) is 4.13. The molecule has 2 rings (SSSR count). The van der Waals surface area contributed by atoms with Gasteiger partial charge >= 0.3 is 0 Å². The largest absolute Gasteiger partial charge is 0.473 e. The van der Waals surface area contributed by atoms with Gasteiger partial charge in [-0.2, -0.15) is 0 Å². The normalized spacial score (nSPS) is 10.4. The summed E-state index contributed by atoms with van der Waals surface area (Å²) in [6, 6.07) is 12.2. The molecule has 0 bridgehead atoms. The molecular weight excluding hydrogens is 243 g/mol. The lowest BCUT2D eigenvalue weighted by molar-refractivity contribution is 0.287. The van der Waals surface area contributed by atoms with Crippen LogP contribution < -0.4 is 10.1 Å². The molecule has 1 N–H and O–H groups in total. The number of aromatic nitrogens is 1. The van der Waals surface area contributed by atoms with Gasteiger partial charge in [-0.15, -0.1) is 0 Å². The lowest BCUT2D eigenvalue weighted by atomic mass is 10.2. The van der Waals surface area contributed by atoms with Crippen LogP contribution in [0, 0.1) is 5.82 Å². The summed E-state index contributed by atoms with van der Waals surface area (Å²) in [6.07, 6.45) is 0. The quantitative estimate of drug-likeness (QED) is 0.867. The molecule has 1 aromatic heterocycles. The minimum Gasteiger partial charge on any atom is -0.473 e. The Morgan fingerprint density at radius 3 is 2.79 bits per heavy atom. The van der Waals surface area contributed by atoms with Crippen molar-refractivity contribution in [2.24, 2.45) is 0 Å². The van der Waals surface area contributed by atoms with Gasteiger partial charge in [0.05, 0.1) is 5.69 Å². The second-order valence-corrected chi connectivity index (χ2v) is 4.13. The average molecular weight is 260 g/mol. The smallest absolute Gasteiger partial charge is 0.213 e. The molecule has 0 fully saturated rings. The molecule has 0 unspecified atom stereocenters. The molecule has 0 spiro atoms. The van der Waals surface area contributed by atoms with Crippen LogP contribution in [0.2, 0.25) is 0 Å². The van der Waals surface area contributed by atoms with Crippen LogP contribution in [0.15, 0.2) is 42.5 Å². The Labute approximate surface area is 112 Å². The number of hydrogen-bond acceptors (Lipinski definition) is 3. The van der Waals surface area contributed by atoms with E-state index in [0.29, 0.717) is 18.0 Å². The van der Waals surface area contributed by atoms with E-state index in [1.165, 1.54) is 6.07 Å². The summed E-state index contributed by atoms with van der Waals surface area (Å²) >= 11 is 0. The first-order valence-corrected chi connectivity index (χ1v) is 6.32. The predicted octanol–water partition coefficient (Wildman–Crippen LogP) is 2.91. The Hall–Kier alpha value is -1.94. The summed E-state index contributed by atoms with van der Waals surface area (Å²) in [6.45, 7) is 3.82. The van der Waals surface area contributed by atoms with Crippen molar-refractivity contribution in [3.05, 3.63) is 59.5 Å². The second kappa shape index (κ2) is 6.85. The summed E-state index contributed by atoms with van der Waals surface area (Å²) in [5, 5.41) is 3.20. The van der Waals surface area contributed by atoms with Gasteiger partial charge in [-0.3, -0.25) is 0 Å². The number of nitrogens with one attached hydrogen (secondary N) is 1. The third-order valence-electron chi connectivity index (χ3n) is 2.67. The molecule has 100 valence electrons. The predicted molar refractivity (Wildman–Crippen MR) is 72.3 cm³/mol. The van der Waals surface area contributed by atoms with Gasteiger partial charge in [-0.1, -0.05) is 31.2 Å². The zero-order valence-electron chi connectivity index (χ0n) is 10.9. The van der Waals surface area contributed by atoms with Gasteiger partial charge in [0, 0.05) is 18.2 Å². The van der Waals surface area contributed by atoms with E-state index in [4.69, 9.17) is 4.74 Å². The fraction of sp³-hybridized carbons (Fsp3) is 0.267. The Morgan fingerprint density at radius 2 is 2.00 bits per heavy atom. The molecule has 2 aromatic rings. The van der Waals surface area contributed by atoms with Crippen LogP contribution in [-0.4, -0.2) is 11.5 Å². The Balaban J connectivity index is 1.98. The summed E-state index contributed by atoms with van der Waals surface area (Å²) in [7, 11) is 0. The van der Waals surface area contributed by atoms with E-state index >= 15 is 0 Å². The van der Waals surface area contributed by atoms with Crippen LogP contribution >= 0.6 is 0 Å². The van der Waals surface area contributed by atoms with E-state index in [1.807, 2.05) is 19.1 Å². The van der Waals surface area contributed by atoms with Crippen molar-refractivity contribution in [2.75, 3.05) is 6.54 Å². The Morgan fingerprint density at radius 1 is 1.16 bits per heavy atom. The lowest BCUT2D eigenvalue weighted by Gasteiger charge is -2.08. The van der Waals surface area contributed by atoms with Gasteiger partial charge in [0.1, 0.15) is 12.4 Å². The molecule has 19 heavy (non-hydrogen) atoms. The first kappa shape index (κ1) is 13.5. The van der Waals surface area contributed by atoms with Crippen LogP contribution in [-0.2, 0) is 13.2 Å². The molecule has 4 heteroatoms. The maximum atomic E-state index is 13.4. The van der Waals surface area contributed by atoms with Crippen molar-refractivity contribution >= 4 is 0 Å². The number of ether oxygens (including phenoxy) is 1. The third kappa shape index (κ3) is 4.03. The van der Waals surface area contributed by atoms with Gasteiger partial charge < -0.3 is 10.1 Å². The number of benzene rings is 1. The van der Waals surface area contributed by atoms with Crippen molar-refractivity contribution < 1.29 is 9.13 Å². The topological polar surface area (TPSA) is 34.1 Å². The molecule has 0 saturated carbocycles. The van der Waals surface area contributed by atoms with Crippen molar-refractivity contribution in [2.45, 2.75) is 20.1 Å². The summed E-state index contributed by atoms with van der Waals surface area (Å²) in [4.78, 5) is 4.35. The van der Waals surface area contributed by atoms with E-state index in [0.717, 1.165) is 12.2 Å². The molecule has 3 nitrogen and oxygen atoms in total. The highest BCUT2D eigenvalue weighted by molar-refractivity contribution is 5.19. The minimum absolute atomic E-state index is 0.185. The Bertz CT molecular complexity index is 531. The number of rotatable bonds is 6. The summed E-state index contributed by atoms with van der Waals surface area (Å²) < 4.78 is 18.9. The molecule has 0 aliphatic rings. The fourth-order valence-corrected chi connectivity index (χ4v) is 1.66. The molecule has 0 aliphatic carbocycles. The van der Waals surface area contributed by atoms with Crippen LogP contribution in [0.1, 0.15) is 18.2 Å². The molecule has 1 aromatic carbocycles. The van der Waals surface area contributed by atoms with Crippen LogP contribution in [0.3, 0.4) is 0 Å². The van der Waals surface area contributed by atoms with E-state index in [-0.39, 0.29) is 12.4 Å². The first-order valence-electron chi connectivity index (χ1n) is 6.32. The SMILES string of the molecule is CCNCc1cccc(OCc2ccccc2F)n1. The summed E-state index contributed by atoms with van der Waals surface area (Å²) in [5.74, 6) is 0.255. The third-order valence-corrected chi connectivity index (χ3v) is 2.67. The highest BCUT2D eigenvalue weighted by Gasteiger charge is 2.03. The van der Waals surface area contributed by atoms with Crippen LogP contribution in [0.25, 0.3) is 0 Å². The van der Waals surface area contributed by atoms with E-state index < -0.39 is 0 Å². The van der Waals surface area contributed by atoms with E-state index in [2.05, 4.69) is 10.3 Å². The number of halogens is 1. The maximum absolute atomic E-state index is 13.4. The average Bonchev–Trinajstić information content (AvgIpc) is 2.45. The number of hydrogen-bond donors (Lipinski definition) is 1. The minimum atomic E-state index is -0.258. The van der Waals surface area contributed by atoms with Crippen molar-refractivity contribution in [1.29, 1.82) is 0 Å². The monoisotopic (exact) mass is 260 g/mol. The molecular formula is C15H17FN2O. The van der Waals surface area contributed by atoms with E-state index in [1.54, 1.807) is 24.3 Å². The van der Waals surface area contributed by atoms with Gasteiger partial charge in [0.2, 0.25) is 5.88 Å². The molecule has 0 aliphatic heterocycles. The van der Waals surface area contributed by atoms with Gasteiger partial charge in [-0.25, -0.2) is 9.37 Å². The van der Waals surface area contributed by atoms with Gasteiger partial charge in [0.25, 0.3) is 0 Å². The molecule has 0 atom stereocenters. The van der Waals surface area contributed by atoms with Crippen LogP contribution in [0.5, 0.6) is 5.88 Å². The van der Waals surface area contributed by atoms with Crippen molar-refractivity contribution in [3.8, 4) is 5.88 Å². The first-order chi connectivity index (χ1) is 9.29. The molecule has 1 heterocycles. The number of nitrogens with zero attached hydrogens (tertiary/aromatic N) is 1. The van der Waals surface area contributed by atoms with Crippen molar-refractivity contribution in [3.63, 3.8) is 0 Å². The van der Waals surface area contributed by atoms with Crippen molar-refractivity contribution in [1.82, 2.24) is 10.3 Å². The van der Waals surface area contributed by atoms with Gasteiger partial charge in [0.15, 0.2) is 0 Å². The molecule has 0 radical (unpaired) electrons. The maximum Gasteiger partial charge on any atom is 0.213 e. The standard InChI is InChI=1S/C15H17FN2O/c1-2-17-10-13-7-5-9-15(18-13)19-11-12-6-3-4-8-14(12)16/h3-9,17H,2,10-11H2,1H3. The van der Waals surface area contributed by atoms with Crippen LogP contribution in [0.4, 0.5) is 4.39 Å².